The molecule has 0 radical (unpaired) electrons. The molecule has 12 atom stereocenters. The number of amides is 1. The quantitative estimate of drug-likeness (QED) is 0.0204. The number of hydrogen-bond donors (Lipinski definition) is 9. The Balaban J connectivity index is 1.64. The van der Waals surface area contributed by atoms with Crippen molar-refractivity contribution in [2.24, 2.45) is 0 Å². The molecule has 2 aliphatic rings. The SMILES string of the molecule is CCCCCCC/C=C\C/C=C\CCCCCCCCCCCCCC(=O)NC(COC1OC(CO)C(OC2OC(CO)C(O)C(O)C2O)C(O)C1O)C(O)CCCCCCCCCCCCCCCCCCCCCCCCCCCCCCCC. The number of unbranched alkanes of at least 4 members (excludes halogenated alkanes) is 45. The van der Waals surface area contributed by atoms with E-state index in [1.165, 1.54) is 257 Å². The summed E-state index contributed by atoms with van der Waals surface area (Å²) in [6.45, 7) is 2.91. The van der Waals surface area contributed by atoms with Gasteiger partial charge >= 0.3 is 0 Å². The van der Waals surface area contributed by atoms with Crippen LogP contribution in [0, 0.1) is 0 Å². The number of carbonyl (C=O) groups excluding carboxylic acids is 1. The summed E-state index contributed by atoms with van der Waals surface area (Å²) in [4.78, 5) is 13.4. The highest BCUT2D eigenvalue weighted by Gasteiger charge is 2.51. The van der Waals surface area contributed by atoms with Crippen molar-refractivity contribution < 1.29 is 64.6 Å². The van der Waals surface area contributed by atoms with Crippen molar-refractivity contribution in [3.8, 4) is 0 Å². The maximum absolute atomic E-state index is 13.4. The lowest BCUT2D eigenvalue weighted by molar-refractivity contribution is -0.359. The lowest BCUT2D eigenvalue weighted by Gasteiger charge is -2.46. The molecule has 87 heavy (non-hydrogen) atoms. The molecule has 14 heteroatoms. The first-order valence-corrected chi connectivity index (χ1v) is 37.1. The molecule has 0 aromatic carbocycles. The Morgan fingerprint density at radius 2 is 0.759 bits per heavy atom. The third kappa shape index (κ3) is 42.4. The van der Waals surface area contributed by atoms with E-state index < -0.39 is 86.8 Å². The summed E-state index contributed by atoms with van der Waals surface area (Å²) in [7, 11) is 0. The van der Waals surface area contributed by atoms with Crippen LogP contribution >= 0.6 is 0 Å². The monoisotopic (exact) mass is 1240 g/mol. The predicted molar refractivity (Wildman–Crippen MR) is 355 cm³/mol. The molecule has 9 N–H and O–H groups in total. The first-order valence-electron chi connectivity index (χ1n) is 37.1. The third-order valence-corrected chi connectivity index (χ3v) is 18.4. The van der Waals surface area contributed by atoms with Gasteiger partial charge in [-0.2, -0.15) is 0 Å². The van der Waals surface area contributed by atoms with E-state index in [1.54, 1.807) is 0 Å². The molecule has 514 valence electrons. The van der Waals surface area contributed by atoms with Crippen LogP contribution in [0.2, 0.25) is 0 Å². The van der Waals surface area contributed by atoms with E-state index in [9.17, 15) is 45.6 Å². The van der Waals surface area contributed by atoms with Gasteiger partial charge in [-0.15, -0.1) is 0 Å². The Bertz CT molecular complexity index is 1550. The summed E-state index contributed by atoms with van der Waals surface area (Å²) in [5.41, 5.74) is 0. The van der Waals surface area contributed by atoms with Crippen LogP contribution in [-0.2, 0) is 23.7 Å². The Hall–Kier alpha value is -1.53. The summed E-state index contributed by atoms with van der Waals surface area (Å²) in [6.07, 6.45) is 56.3. The lowest BCUT2D eigenvalue weighted by atomic mass is 9.97. The second-order valence-electron chi connectivity index (χ2n) is 26.4. The van der Waals surface area contributed by atoms with E-state index in [-0.39, 0.29) is 12.5 Å². The van der Waals surface area contributed by atoms with Crippen molar-refractivity contribution in [2.75, 3.05) is 19.8 Å². The van der Waals surface area contributed by atoms with Gasteiger partial charge in [0.25, 0.3) is 0 Å². The zero-order chi connectivity index (χ0) is 63.1. The molecular weight excluding hydrogens is 1100 g/mol. The molecule has 1 amide bonds. The molecule has 0 aromatic rings. The standard InChI is InChI=1S/C73H139NO13/c1-3-5-7-9-11-13-15-17-19-21-23-25-27-28-29-30-31-32-33-35-36-38-40-42-44-46-48-50-52-54-56-62(77)61(60-84-72-70(83)68(81)71(64(59-76)86-72)87-73-69(82)67(80)66(79)63(58-75)85-73)74-65(78)57-55-53-51-49-47-45-43-41-39-37-34-26-24-22-20-18-16-14-12-10-8-6-4-2/h16,18,22,24,61-64,66-73,75-77,79-83H,3-15,17,19-21,23,25-60H2,1-2H3,(H,74,78)/b18-16-,24-22-. The van der Waals surface area contributed by atoms with Crippen LogP contribution in [0.15, 0.2) is 24.3 Å². The van der Waals surface area contributed by atoms with E-state index in [1.807, 2.05) is 0 Å². The van der Waals surface area contributed by atoms with Gasteiger partial charge in [0.15, 0.2) is 12.6 Å². The molecule has 2 heterocycles. The summed E-state index contributed by atoms with van der Waals surface area (Å²) < 4.78 is 22.9. The second-order valence-corrected chi connectivity index (χ2v) is 26.4. The number of aliphatic hydroxyl groups is 8. The van der Waals surface area contributed by atoms with E-state index in [0.29, 0.717) is 12.8 Å². The lowest BCUT2D eigenvalue weighted by Crippen LogP contribution is -2.65. The predicted octanol–water partition coefficient (Wildman–Crippen LogP) is 15.5. The molecule has 2 fully saturated rings. The van der Waals surface area contributed by atoms with Crippen LogP contribution in [0.3, 0.4) is 0 Å². The number of allylic oxidation sites excluding steroid dienone is 4. The summed E-state index contributed by atoms with van der Waals surface area (Å²) in [5, 5.41) is 87.7. The fourth-order valence-electron chi connectivity index (χ4n) is 12.5. The smallest absolute Gasteiger partial charge is 0.220 e. The van der Waals surface area contributed by atoms with Crippen molar-refractivity contribution in [2.45, 2.75) is 415 Å². The van der Waals surface area contributed by atoms with Crippen LogP contribution in [0.1, 0.15) is 341 Å². The van der Waals surface area contributed by atoms with Gasteiger partial charge in [0, 0.05) is 6.42 Å². The van der Waals surface area contributed by atoms with E-state index >= 15 is 0 Å². The van der Waals surface area contributed by atoms with Crippen LogP contribution in [0.25, 0.3) is 0 Å². The first-order chi connectivity index (χ1) is 42.6. The third-order valence-electron chi connectivity index (χ3n) is 18.4. The fraction of sp³-hybridized carbons (Fsp3) is 0.932. The maximum Gasteiger partial charge on any atom is 0.220 e. The van der Waals surface area contributed by atoms with Crippen molar-refractivity contribution >= 4 is 5.91 Å². The van der Waals surface area contributed by atoms with Gasteiger partial charge < -0.3 is 65.1 Å². The largest absolute Gasteiger partial charge is 0.394 e. The number of ether oxygens (including phenoxy) is 4. The van der Waals surface area contributed by atoms with E-state index in [0.717, 1.165) is 57.8 Å². The van der Waals surface area contributed by atoms with Gasteiger partial charge in [0.05, 0.1) is 32.0 Å². The van der Waals surface area contributed by atoms with Gasteiger partial charge in [0.1, 0.15) is 48.8 Å². The molecule has 2 saturated heterocycles. The molecule has 0 aromatic heterocycles. The molecule has 12 unspecified atom stereocenters. The molecule has 14 nitrogen and oxygen atoms in total. The summed E-state index contributed by atoms with van der Waals surface area (Å²) >= 11 is 0. The first kappa shape index (κ1) is 81.6. The van der Waals surface area contributed by atoms with Gasteiger partial charge in [-0.05, 0) is 44.9 Å². The van der Waals surface area contributed by atoms with Gasteiger partial charge in [-0.25, -0.2) is 0 Å². The molecule has 0 spiro atoms. The molecule has 0 aliphatic carbocycles. The number of aliphatic hydroxyl groups excluding tert-OH is 8. The number of rotatable bonds is 62. The molecule has 2 aliphatic heterocycles. The highest BCUT2D eigenvalue weighted by molar-refractivity contribution is 5.76. The highest BCUT2D eigenvalue weighted by atomic mass is 16.7. The van der Waals surface area contributed by atoms with Crippen molar-refractivity contribution in [3.05, 3.63) is 24.3 Å². The highest BCUT2D eigenvalue weighted by Crippen LogP contribution is 2.30. The number of carbonyl (C=O) groups is 1. The van der Waals surface area contributed by atoms with Crippen molar-refractivity contribution in [1.29, 1.82) is 0 Å². The van der Waals surface area contributed by atoms with Gasteiger partial charge in [-0.1, -0.05) is 314 Å². The minimum Gasteiger partial charge on any atom is -0.394 e. The number of hydrogen-bond acceptors (Lipinski definition) is 13. The van der Waals surface area contributed by atoms with E-state index in [2.05, 4.69) is 43.5 Å². The zero-order valence-electron chi connectivity index (χ0n) is 56.0. The fourth-order valence-corrected chi connectivity index (χ4v) is 12.5. The molecule has 2 rings (SSSR count). The van der Waals surface area contributed by atoms with Crippen LogP contribution in [0.4, 0.5) is 0 Å². The second kappa shape index (κ2) is 58.3. The Labute approximate surface area is 532 Å². The average molecular weight is 1240 g/mol. The Morgan fingerprint density at radius 3 is 1.15 bits per heavy atom. The zero-order valence-corrected chi connectivity index (χ0v) is 56.0. The maximum atomic E-state index is 13.4. The minimum atomic E-state index is -1.78. The van der Waals surface area contributed by atoms with Gasteiger partial charge in [-0.3, -0.25) is 4.79 Å². The summed E-state index contributed by atoms with van der Waals surface area (Å²) in [5.74, 6) is -0.203. The van der Waals surface area contributed by atoms with E-state index in [4.69, 9.17) is 18.9 Å². The van der Waals surface area contributed by atoms with Crippen molar-refractivity contribution in [3.63, 3.8) is 0 Å². The van der Waals surface area contributed by atoms with Crippen LogP contribution in [-0.4, -0.2) is 140 Å². The number of nitrogens with one attached hydrogen (secondary N) is 1. The Kier molecular flexibility index (Phi) is 54.7. The molecular formula is C73H139NO13. The van der Waals surface area contributed by atoms with Crippen LogP contribution in [0.5, 0.6) is 0 Å². The molecule has 0 saturated carbocycles. The van der Waals surface area contributed by atoms with Gasteiger partial charge in [0.2, 0.25) is 5.91 Å². The molecule has 0 bridgehead atoms. The minimum absolute atomic E-state index is 0.203. The topological polar surface area (TPSA) is 228 Å². The summed E-state index contributed by atoms with van der Waals surface area (Å²) in [6, 6.07) is -0.830. The Morgan fingerprint density at radius 1 is 0.414 bits per heavy atom. The van der Waals surface area contributed by atoms with Crippen molar-refractivity contribution in [1.82, 2.24) is 5.32 Å². The van der Waals surface area contributed by atoms with Crippen LogP contribution < -0.4 is 5.32 Å². The normalized spacial score (nSPS) is 23.3. The average Bonchev–Trinajstić information content (AvgIpc) is 2.33.